The zero-order valence-electron chi connectivity index (χ0n) is 52.6. The molecule has 8 amide bonds. The number of carbonyl (C=O) groups is 9. The topological polar surface area (TPSA) is 618 Å². The number of nitrogens with two attached hydrogens (primary N) is 11. The van der Waals surface area contributed by atoms with E-state index in [1.807, 2.05) is 41.5 Å². The van der Waals surface area contributed by atoms with Crippen LogP contribution in [0.2, 0.25) is 0 Å². The van der Waals surface area contributed by atoms with Crippen molar-refractivity contribution in [3.8, 4) is 0 Å². The Labute approximate surface area is 516 Å². The molecule has 0 rings (SSSR count). The van der Waals surface area contributed by atoms with Crippen molar-refractivity contribution in [3.63, 3.8) is 0 Å². The van der Waals surface area contributed by atoms with Crippen LogP contribution in [0.4, 0.5) is 0 Å². The number of amides is 8. The minimum Gasteiger partial charge on any atom is -0.480 e. The molecule has 34 nitrogen and oxygen atoms in total. The Balaban J connectivity index is 7.15. The average Bonchev–Trinajstić information content (AvgIpc) is 3.44. The second-order valence-electron chi connectivity index (χ2n) is 22.9. The van der Waals surface area contributed by atoms with Crippen LogP contribution in [0.3, 0.4) is 0 Å². The summed E-state index contributed by atoms with van der Waals surface area (Å²) in [7, 11) is 0. The lowest BCUT2D eigenvalue weighted by atomic mass is 9.96. The summed E-state index contributed by atoms with van der Waals surface area (Å²) in [6, 6.07) is -11.5. The van der Waals surface area contributed by atoms with E-state index in [4.69, 9.17) is 63.1 Å². The molecule has 0 spiro atoms. The van der Waals surface area contributed by atoms with Crippen molar-refractivity contribution >= 4 is 83.0 Å². The summed E-state index contributed by atoms with van der Waals surface area (Å²) in [5, 5.41) is 31.5. The molecule has 34 heteroatoms. The Hall–Kier alpha value is -8.46. The van der Waals surface area contributed by atoms with Gasteiger partial charge in [-0.3, -0.25) is 63.3 Å². The second kappa shape index (κ2) is 43.2. The van der Waals surface area contributed by atoms with E-state index in [0.717, 1.165) is 0 Å². The molecule has 10 atom stereocenters. The number of carboxylic acids is 1. The molecule has 0 fully saturated rings. The van der Waals surface area contributed by atoms with Crippen LogP contribution in [0.5, 0.6) is 0 Å². The number of nitrogens with one attached hydrogen (secondary N) is 8. The fourth-order valence-electron chi connectivity index (χ4n) is 8.69. The molecule has 0 aliphatic heterocycles. The predicted molar refractivity (Wildman–Crippen MR) is 338 cm³/mol. The summed E-state index contributed by atoms with van der Waals surface area (Å²) in [5.74, 6) is -9.59. The number of aliphatic imine (C=N–C) groups is 5. The van der Waals surface area contributed by atoms with Gasteiger partial charge in [-0.2, -0.15) is 0 Å². The number of carbonyl (C=O) groups excluding carboxylic acids is 8. The maximum absolute atomic E-state index is 14.6. The number of hydrogen-bond acceptors (Lipinski definition) is 15. The molecule has 0 bridgehead atoms. The summed E-state index contributed by atoms with van der Waals surface area (Å²) >= 11 is 0. The average molecular weight is 1250 g/mol. The molecule has 31 N–H and O–H groups in total. The van der Waals surface area contributed by atoms with E-state index in [2.05, 4.69) is 67.5 Å². The standard InChI is InChI=1S/C54H106N24O10/c1-9-31(8)40(48(86)73-34(17-12-22-68-52(60)61)42(80)71-33(16-11-21-67-51(58)59)43(81)74-36(49(87)88)19-14-24-70-54(64)65)78-44(82)35(18-13-23-69-53(62)63)72-45(83)38(26-29(4)5)76-47(85)39(27-30(6)7)77-46(84)37(25-28(2)3)75-41(79)32(55)15-10-20-66-50(56)57/h28-40H,9-27,55H2,1-8H3,(H,71,80)(H,72,83)(H,73,86)(H,74,81)(H,75,79)(H,76,85)(H,77,84)(H,78,82)(H,87,88)(H4,56,57,66)(H4,58,59,67)(H4,60,61,68)(H4,62,63,69)(H4,64,65,70)/t31-,32-,33-,34-,35-,36-,37-,38-,39-,40-/m0/s1. The van der Waals surface area contributed by atoms with Crippen LogP contribution in [0, 0.1) is 23.7 Å². The summed E-state index contributed by atoms with van der Waals surface area (Å²) in [4.78, 5) is 145. The van der Waals surface area contributed by atoms with Crippen LogP contribution < -0.4 is 106 Å². The van der Waals surface area contributed by atoms with Gasteiger partial charge in [0.25, 0.3) is 0 Å². The zero-order valence-corrected chi connectivity index (χ0v) is 52.6. The van der Waals surface area contributed by atoms with Crippen LogP contribution in [-0.2, 0) is 43.2 Å². The molecule has 0 aliphatic rings. The summed E-state index contributed by atoms with van der Waals surface area (Å²) < 4.78 is 0. The molecular weight excluding hydrogens is 1140 g/mol. The Morgan fingerprint density at radius 2 is 0.580 bits per heavy atom. The number of nitrogens with zero attached hydrogens (tertiary/aromatic N) is 5. The van der Waals surface area contributed by atoms with Gasteiger partial charge in [-0.15, -0.1) is 0 Å². The lowest BCUT2D eigenvalue weighted by Crippen LogP contribution is -2.61. The van der Waals surface area contributed by atoms with Gasteiger partial charge in [-0.25, -0.2) is 4.79 Å². The largest absolute Gasteiger partial charge is 0.480 e. The van der Waals surface area contributed by atoms with E-state index < -0.39 is 114 Å². The Kier molecular flexibility index (Phi) is 39.1. The predicted octanol–water partition coefficient (Wildman–Crippen LogP) is -5.27. The monoisotopic (exact) mass is 1250 g/mol. The van der Waals surface area contributed by atoms with E-state index in [-0.39, 0.29) is 157 Å². The molecule has 0 saturated heterocycles. The first-order chi connectivity index (χ1) is 41.2. The van der Waals surface area contributed by atoms with Crippen molar-refractivity contribution in [3.05, 3.63) is 0 Å². The highest BCUT2D eigenvalue weighted by Gasteiger charge is 2.37. The van der Waals surface area contributed by atoms with Gasteiger partial charge in [-0.05, 0) is 107 Å². The highest BCUT2D eigenvalue weighted by Crippen LogP contribution is 2.15. The minimum atomic E-state index is -1.42. The normalized spacial score (nSPS) is 14.5. The molecular formula is C54H106N24O10. The van der Waals surface area contributed by atoms with Gasteiger partial charge in [-0.1, -0.05) is 61.8 Å². The fourth-order valence-corrected chi connectivity index (χ4v) is 8.69. The van der Waals surface area contributed by atoms with Gasteiger partial charge >= 0.3 is 5.97 Å². The minimum absolute atomic E-state index is 0.0156. The van der Waals surface area contributed by atoms with Crippen molar-refractivity contribution in [2.45, 2.75) is 200 Å². The molecule has 0 radical (unpaired) electrons. The van der Waals surface area contributed by atoms with Gasteiger partial charge in [0, 0.05) is 32.7 Å². The third kappa shape index (κ3) is 35.9. The van der Waals surface area contributed by atoms with Crippen molar-refractivity contribution in [1.29, 1.82) is 0 Å². The lowest BCUT2D eigenvalue weighted by Gasteiger charge is -2.30. The van der Waals surface area contributed by atoms with E-state index in [0.29, 0.717) is 12.8 Å². The second-order valence-corrected chi connectivity index (χ2v) is 22.9. The molecule has 0 aromatic rings. The van der Waals surface area contributed by atoms with Gasteiger partial charge in [0.05, 0.1) is 6.04 Å². The van der Waals surface area contributed by atoms with E-state index in [1.165, 1.54) is 0 Å². The Morgan fingerprint density at radius 3 is 0.864 bits per heavy atom. The Bertz CT molecular complexity index is 2370. The highest BCUT2D eigenvalue weighted by atomic mass is 16.4. The van der Waals surface area contributed by atoms with Crippen molar-refractivity contribution in [2.24, 2.45) is 112 Å². The third-order valence-electron chi connectivity index (χ3n) is 13.4. The van der Waals surface area contributed by atoms with E-state index in [1.54, 1.807) is 13.8 Å². The maximum Gasteiger partial charge on any atom is 0.326 e. The van der Waals surface area contributed by atoms with E-state index in [9.17, 15) is 48.3 Å². The highest BCUT2D eigenvalue weighted by molar-refractivity contribution is 5.98. The van der Waals surface area contributed by atoms with Gasteiger partial charge in [0.15, 0.2) is 29.8 Å². The summed E-state index contributed by atoms with van der Waals surface area (Å²) in [6.45, 7) is 14.8. The van der Waals surface area contributed by atoms with Crippen LogP contribution in [0.1, 0.15) is 145 Å². The maximum atomic E-state index is 14.6. The van der Waals surface area contributed by atoms with Crippen LogP contribution in [0.15, 0.2) is 25.0 Å². The van der Waals surface area contributed by atoms with Crippen molar-refractivity contribution in [2.75, 3.05) is 32.7 Å². The number of aliphatic carboxylic acids is 1. The van der Waals surface area contributed by atoms with Gasteiger partial charge in [0.1, 0.15) is 48.3 Å². The first-order valence-corrected chi connectivity index (χ1v) is 29.9. The summed E-state index contributed by atoms with van der Waals surface area (Å²) in [6.07, 6.45) is 1.52. The number of hydrogen-bond donors (Lipinski definition) is 20. The molecule has 502 valence electrons. The van der Waals surface area contributed by atoms with Crippen LogP contribution in [0.25, 0.3) is 0 Å². The first kappa shape index (κ1) is 79.5. The number of carboxylic acid groups (broad SMARTS) is 1. The lowest BCUT2D eigenvalue weighted by molar-refractivity contribution is -0.142. The van der Waals surface area contributed by atoms with Crippen LogP contribution in [-0.4, -0.2) is 175 Å². The molecule has 0 saturated carbocycles. The van der Waals surface area contributed by atoms with Crippen molar-refractivity contribution in [1.82, 2.24) is 42.5 Å². The molecule has 0 aromatic heterocycles. The van der Waals surface area contributed by atoms with Gasteiger partial charge < -0.3 is 111 Å². The number of rotatable bonds is 45. The molecule has 0 aromatic carbocycles. The van der Waals surface area contributed by atoms with E-state index >= 15 is 0 Å². The number of guanidine groups is 5. The molecule has 88 heavy (non-hydrogen) atoms. The Morgan fingerprint density at radius 1 is 0.341 bits per heavy atom. The van der Waals surface area contributed by atoms with Crippen molar-refractivity contribution < 1.29 is 48.3 Å². The smallest absolute Gasteiger partial charge is 0.326 e. The zero-order chi connectivity index (χ0) is 67.2. The fraction of sp³-hybridized carbons (Fsp3) is 0.741. The summed E-state index contributed by atoms with van der Waals surface area (Å²) in [5.41, 5.74) is 61.0. The van der Waals surface area contributed by atoms with Crippen LogP contribution >= 0.6 is 0 Å². The third-order valence-corrected chi connectivity index (χ3v) is 13.4. The molecule has 0 aliphatic carbocycles. The molecule has 0 heterocycles. The quantitative estimate of drug-likeness (QED) is 0.0154. The SMILES string of the molecule is CC[C@H](C)[C@H](NC(=O)[C@H](CCCN=C(N)N)NC(=O)[C@H](CC(C)C)NC(=O)[C@H](CC(C)C)NC(=O)[C@H](CC(C)C)NC(=O)[C@@H](N)CCCN=C(N)N)C(=O)N[C@@H](CCCN=C(N)N)C(=O)N[C@@H](CCCN=C(N)N)C(=O)N[C@@H](CCCN=C(N)N)C(=O)O. The van der Waals surface area contributed by atoms with Gasteiger partial charge in [0.2, 0.25) is 47.3 Å². The first-order valence-electron chi connectivity index (χ1n) is 29.9. The molecule has 0 unspecified atom stereocenters.